The van der Waals surface area contributed by atoms with E-state index < -0.39 is 0 Å². The molecule has 5 heteroatoms. The highest BCUT2D eigenvalue weighted by Gasteiger charge is 2.25. The summed E-state index contributed by atoms with van der Waals surface area (Å²) in [6.45, 7) is 7.56. The van der Waals surface area contributed by atoms with Gasteiger partial charge in [0.1, 0.15) is 5.82 Å². The molecule has 2 saturated heterocycles. The summed E-state index contributed by atoms with van der Waals surface area (Å²) in [5.74, 6) is 0.550. The lowest BCUT2D eigenvalue weighted by Crippen LogP contribution is -2.44. The molecule has 2 fully saturated rings. The number of hydrogen-bond donors (Lipinski definition) is 1. The van der Waals surface area contributed by atoms with Crippen LogP contribution in [0.25, 0.3) is 0 Å². The van der Waals surface area contributed by atoms with Crippen LogP contribution >= 0.6 is 0 Å². The minimum atomic E-state index is -0.177. The highest BCUT2D eigenvalue weighted by atomic mass is 19.1. The molecule has 3 rings (SSSR count). The Morgan fingerprint density at radius 2 is 2.04 bits per heavy atom. The number of ether oxygens (including phenoxy) is 1. The third-order valence-corrected chi connectivity index (χ3v) is 5.55. The fraction of sp³-hybridized carbons (Fsp3) is 0.700. The van der Waals surface area contributed by atoms with Crippen LogP contribution in [0.1, 0.15) is 37.8 Å². The molecule has 1 aromatic rings. The number of piperidine rings is 1. The first-order valence-electron chi connectivity index (χ1n) is 9.56. The number of nitrogens with one attached hydrogen (secondary N) is 1. The van der Waals surface area contributed by atoms with Gasteiger partial charge in [-0.3, -0.25) is 0 Å². The Balaban J connectivity index is 1.51. The van der Waals surface area contributed by atoms with Crippen LogP contribution in [0.5, 0.6) is 0 Å². The van der Waals surface area contributed by atoms with Crippen molar-refractivity contribution in [1.82, 2.24) is 10.2 Å². The van der Waals surface area contributed by atoms with Gasteiger partial charge in [-0.1, -0.05) is 6.07 Å². The van der Waals surface area contributed by atoms with Crippen LogP contribution < -0.4 is 10.2 Å². The maximum atomic E-state index is 13.6. The Labute approximate surface area is 151 Å². The predicted octanol–water partition coefficient (Wildman–Crippen LogP) is 3.04. The molecule has 0 aromatic heterocycles. The summed E-state index contributed by atoms with van der Waals surface area (Å²) in [5, 5.41) is 3.76. The molecule has 0 aliphatic carbocycles. The van der Waals surface area contributed by atoms with Gasteiger partial charge in [0.2, 0.25) is 0 Å². The van der Waals surface area contributed by atoms with Gasteiger partial charge in [0.25, 0.3) is 0 Å². The van der Waals surface area contributed by atoms with Crippen molar-refractivity contribution >= 4 is 5.69 Å². The van der Waals surface area contributed by atoms with Crippen LogP contribution in [0.4, 0.5) is 10.1 Å². The second-order valence-corrected chi connectivity index (χ2v) is 7.79. The number of hydrogen-bond acceptors (Lipinski definition) is 4. The quantitative estimate of drug-likeness (QED) is 0.854. The lowest BCUT2D eigenvalue weighted by Gasteiger charge is -2.35. The molecule has 25 heavy (non-hydrogen) atoms. The average molecular weight is 349 g/mol. The van der Waals surface area contributed by atoms with Gasteiger partial charge in [-0.05, 0) is 62.9 Å². The zero-order valence-electron chi connectivity index (χ0n) is 15.8. The van der Waals surface area contributed by atoms with Crippen molar-refractivity contribution in [3.8, 4) is 0 Å². The first-order chi connectivity index (χ1) is 12.0. The highest BCUT2D eigenvalue weighted by molar-refractivity contribution is 5.54. The van der Waals surface area contributed by atoms with Crippen molar-refractivity contribution in [2.24, 2.45) is 5.92 Å². The van der Waals surface area contributed by atoms with Gasteiger partial charge in [-0.2, -0.15) is 0 Å². The lowest BCUT2D eigenvalue weighted by atomic mass is 9.99. The number of rotatable bonds is 6. The van der Waals surface area contributed by atoms with Crippen molar-refractivity contribution in [1.29, 1.82) is 0 Å². The molecule has 2 aliphatic rings. The molecule has 2 aliphatic heterocycles. The van der Waals surface area contributed by atoms with Crippen LogP contribution in [0, 0.1) is 11.7 Å². The Hall–Kier alpha value is -1.17. The summed E-state index contributed by atoms with van der Waals surface area (Å²) in [5.41, 5.74) is 2.12. The van der Waals surface area contributed by atoms with Crippen LogP contribution in [0.15, 0.2) is 18.2 Å². The summed E-state index contributed by atoms with van der Waals surface area (Å²) in [6.07, 6.45) is 3.57. The first-order valence-corrected chi connectivity index (χ1v) is 9.56. The Kier molecular flexibility index (Phi) is 6.31. The SMILES string of the molecule is C[C@H](NC1CCN(C[C@@H]2CCOC2)CC1)c1ccc(F)cc1N(C)C. The third-order valence-electron chi connectivity index (χ3n) is 5.55. The second-order valence-electron chi connectivity index (χ2n) is 7.79. The molecule has 2 atom stereocenters. The zero-order chi connectivity index (χ0) is 17.8. The maximum Gasteiger partial charge on any atom is 0.125 e. The third kappa shape index (κ3) is 4.93. The van der Waals surface area contributed by atoms with Gasteiger partial charge < -0.3 is 19.9 Å². The van der Waals surface area contributed by atoms with Crippen molar-refractivity contribution in [2.75, 3.05) is 51.8 Å². The molecule has 140 valence electrons. The summed E-state index contributed by atoms with van der Waals surface area (Å²) >= 11 is 0. The standard InChI is InChI=1S/C20H32FN3O/c1-15(19-5-4-17(21)12-20(19)23(2)3)22-18-6-9-24(10-7-18)13-16-8-11-25-14-16/h4-5,12,15-16,18,22H,6-11,13-14H2,1-3H3/t15-,16-/m0/s1. The summed E-state index contributed by atoms with van der Waals surface area (Å²) in [4.78, 5) is 4.58. The second kappa shape index (κ2) is 8.47. The minimum Gasteiger partial charge on any atom is -0.381 e. The van der Waals surface area contributed by atoms with E-state index in [1.165, 1.54) is 25.8 Å². The van der Waals surface area contributed by atoms with E-state index in [-0.39, 0.29) is 11.9 Å². The lowest BCUT2D eigenvalue weighted by molar-refractivity contribution is 0.145. The number of likely N-dealkylation sites (tertiary alicyclic amines) is 1. The first kappa shape index (κ1) is 18.6. The molecule has 0 amide bonds. The maximum absolute atomic E-state index is 13.6. The van der Waals surface area contributed by atoms with Gasteiger partial charge in [-0.25, -0.2) is 4.39 Å². The van der Waals surface area contributed by atoms with Crippen molar-refractivity contribution in [3.05, 3.63) is 29.6 Å². The van der Waals surface area contributed by atoms with Crippen LogP contribution in [-0.2, 0) is 4.74 Å². The summed E-state index contributed by atoms with van der Waals surface area (Å²) < 4.78 is 19.1. The van der Waals surface area contributed by atoms with Crippen molar-refractivity contribution < 1.29 is 9.13 Å². The fourth-order valence-corrected chi connectivity index (χ4v) is 4.09. The van der Waals surface area contributed by atoms with Crippen molar-refractivity contribution in [2.45, 2.75) is 38.3 Å². The normalized spacial score (nSPS) is 23.8. The molecular weight excluding hydrogens is 317 g/mol. The molecule has 0 unspecified atom stereocenters. The van der Waals surface area contributed by atoms with Gasteiger partial charge in [0.15, 0.2) is 0 Å². The van der Waals surface area contributed by atoms with Crippen LogP contribution in [0.2, 0.25) is 0 Å². The highest BCUT2D eigenvalue weighted by Crippen LogP contribution is 2.27. The van der Waals surface area contributed by atoms with Gasteiger partial charge in [0, 0.05) is 45.0 Å². The van der Waals surface area contributed by atoms with E-state index in [9.17, 15) is 4.39 Å². The van der Waals surface area contributed by atoms with Crippen LogP contribution in [-0.4, -0.2) is 57.9 Å². The molecular formula is C20H32FN3O. The van der Waals surface area contributed by atoms with E-state index in [2.05, 4.69) is 17.1 Å². The number of anilines is 1. The van der Waals surface area contributed by atoms with E-state index in [0.717, 1.165) is 43.5 Å². The number of benzene rings is 1. The fourth-order valence-electron chi connectivity index (χ4n) is 4.09. The Bertz CT molecular complexity index is 552. The molecule has 0 radical (unpaired) electrons. The molecule has 2 heterocycles. The molecule has 0 saturated carbocycles. The van der Waals surface area contributed by atoms with Crippen LogP contribution in [0.3, 0.4) is 0 Å². The molecule has 1 N–H and O–H groups in total. The van der Waals surface area contributed by atoms with E-state index >= 15 is 0 Å². The monoisotopic (exact) mass is 349 g/mol. The van der Waals surface area contributed by atoms with Gasteiger partial charge >= 0.3 is 0 Å². The average Bonchev–Trinajstić information content (AvgIpc) is 3.09. The Morgan fingerprint density at radius 3 is 2.68 bits per heavy atom. The minimum absolute atomic E-state index is 0.177. The van der Waals surface area contributed by atoms with E-state index in [1.807, 2.05) is 25.1 Å². The summed E-state index contributed by atoms with van der Waals surface area (Å²) in [6, 6.07) is 5.85. The number of halogens is 1. The van der Waals surface area contributed by atoms with Crippen molar-refractivity contribution in [3.63, 3.8) is 0 Å². The summed E-state index contributed by atoms with van der Waals surface area (Å²) in [7, 11) is 3.94. The Morgan fingerprint density at radius 1 is 1.28 bits per heavy atom. The van der Waals surface area contributed by atoms with E-state index in [0.29, 0.717) is 6.04 Å². The molecule has 0 spiro atoms. The zero-order valence-corrected chi connectivity index (χ0v) is 15.8. The van der Waals surface area contributed by atoms with E-state index in [4.69, 9.17) is 4.74 Å². The van der Waals surface area contributed by atoms with E-state index in [1.54, 1.807) is 12.1 Å². The molecule has 4 nitrogen and oxygen atoms in total. The largest absolute Gasteiger partial charge is 0.381 e. The van der Waals surface area contributed by atoms with Gasteiger partial charge in [-0.15, -0.1) is 0 Å². The molecule has 0 bridgehead atoms. The predicted molar refractivity (Wildman–Crippen MR) is 101 cm³/mol. The smallest absolute Gasteiger partial charge is 0.125 e. The topological polar surface area (TPSA) is 27.7 Å². The number of nitrogens with zero attached hydrogens (tertiary/aromatic N) is 2. The van der Waals surface area contributed by atoms with Gasteiger partial charge in [0.05, 0.1) is 6.61 Å². The molecule has 1 aromatic carbocycles.